The van der Waals surface area contributed by atoms with E-state index in [4.69, 9.17) is 4.52 Å². The molecular formula is C11H12N4O3. The highest BCUT2D eigenvalue weighted by Crippen LogP contribution is 2.19. The fraction of sp³-hybridized carbons (Fsp3) is 0.273. The van der Waals surface area contributed by atoms with Gasteiger partial charge in [-0.05, 0) is 26.2 Å². The summed E-state index contributed by atoms with van der Waals surface area (Å²) in [5.41, 5.74) is 0.727. The maximum atomic E-state index is 10.5. The van der Waals surface area contributed by atoms with E-state index in [0.29, 0.717) is 23.8 Å². The fourth-order valence-corrected chi connectivity index (χ4v) is 1.44. The van der Waals surface area contributed by atoms with Crippen molar-refractivity contribution in [2.24, 2.45) is 0 Å². The minimum atomic E-state index is -0.447. The molecule has 1 heterocycles. The minimum absolute atomic E-state index is 0.0377. The van der Waals surface area contributed by atoms with Crippen LogP contribution in [0, 0.1) is 10.1 Å². The predicted molar refractivity (Wildman–Crippen MR) is 63.8 cm³/mol. The van der Waals surface area contributed by atoms with Gasteiger partial charge in [0.25, 0.3) is 5.69 Å². The number of hydrogen-bond acceptors (Lipinski definition) is 6. The number of hydrogen-bond donors (Lipinski definition) is 0. The second-order valence-electron chi connectivity index (χ2n) is 4.05. The topological polar surface area (TPSA) is 85.3 Å². The van der Waals surface area contributed by atoms with Crippen molar-refractivity contribution in [2.75, 3.05) is 14.1 Å². The molecule has 2 aromatic rings. The van der Waals surface area contributed by atoms with E-state index < -0.39 is 4.92 Å². The van der Waals surface area contributed by atoms with Crippen LogP contribution in [0.3, 0.4) is 0 Å². The maximum Gasteiger partial charge on any atom is 0.269 e. The van der Waals surface area contributed by atoms with Gasteiger partial charge >= 0.3 is 0 Å². The smallest absolute Gasteiger partial charge is 0.269 e. The molecule has 7 heteroatoms. The molecule has 18 heavy (non-hydrogen) atoms. The highest BCUT2D eigenvalue weighted by Gasteiger charge is 2.11. The van der Waals surface area contributed by atoms with Crippen LogP contribution in [0.15, 0.2) is 28.8 Å². The molecule has 0 spiro atoms. The molecule has 0 unspecified atom stereocenters. The van der Waals surface area contributed by atoms with E-state index in [-0.39, 0.29) is 5.69 Å². The number of nitro groups is 1. The Balaban J connectivity index is 2.20. The van der Waals surface area contributed by atoms with Gasteiger partial charge in [-0.15, -0.1) is 0 Å². The van der Waals surface area contributed by atoms with Gasteiger partial charge in [0.1, 0.15) is 0 Å². The summed E-state index contributed by atoms with van der Waals surface area (Å²) in [5.74, 6) is 0.940. The first kappa shape index (κ1) is 12.2. The van der Waals surface area contributed by atoms with Gasteiger partial charge in [0.15, 0.2) is 0 Å². The average Bonchev–Trinajstić information content (AvgIpc) is 2.76. The number of rotatable bonds is 4. The Morgan fingerprint density at radius 3 is 2.56 bits per heavy atom. The van der Waals surface area contributed by atoms with Crippen LogP contribution < -0.4 is 0 Å². The summed E-state index contributed by atoms with van der Waals surface area (Å²) < 4.78 is 5.07. The van der Waals surface area contributed by atoms with E-state index in [1.807, 2.05) is 19.0 Å². The summed E-state index contributed by atoms with van der Waals surface area (Å²) in [6.45, 7) is 0.556. The molecule has 0 aliphatic carbocycles. The van der Waals surface area contributed by atoms with Gasteiger partial charge in [-0.3, -0.25) is 10.1 Å². The van der Waals surface area contributed by atoms with Crippen LogP contribution in [0.5, 0.6) is 0 Å². The van der Waals surface area contributed by atoms with Gasteiger partial charge in [-0.1, -0.05) is 5.16 Å². The van der Waals surface area contributed by atoms with Crippen LogP contribution >= 0.6 is 0 Å². The summed E-state index contributed by atoms with van der Waals surface area (Å²) >= 11 is 0. The van der Waals surface area contributed by atoms with E-state index in [9.17, 15) is 10.1 Å². The Kier molecular flexibility index (Phi) is 3.33. The van der Waals surface area contributed by atoms with Gasteiger partial charge < -0.3 is 9.42 Å². The lowest BCUT2D eigenvalue weighted by molar-refractivity contribution is -0.384. The van der Waals surface area contributed by atoms with E-state index in [2.05, 4.69) is 10.1 Å². The Morgan fingerprint density at radius 2 is 2.00 bits per heavy atom. The average molecular weight is 248 g/mol. The summed E-state index contributed by atoms with van der Waals surface area (Å²) in [6, 6.07) is 6.03. The number of benzene rings is 1. The Morgan fingerprint density at radius 1 is 1.33 bits per heavy atom. The highest BCUT2D eigenvalue weighted by molar-refractivity contribution is 5.56. The fourth-order valence-electron chi connectivity index (χ4n) is 1.44. The number of nitrogens with zero attached hydrogens (tertiary/aromatic N) is 4. The molecule has 0 N–H and O–H groups in total. The normalized spacial score (nSPS) is 10.8. The van der Waals surface area contributed by atoms with Crippen LogP contribution in [-0.4, -0.2) is 34.1 Å². The first-order chi connectivity index (χ1) is 8.56. The van der Waals surface area contributed by atoms with Crippen molar-refractivity contribution in [3.8, 4) is 11.4 Å². The van der Waals surface area contributed by atoms with Crippen molar-refractivity contribution in [2.45, 2.75) is 6.54 Å². The van der Waals surface area contributed by atoms with Crippen LogP contribution in [0.25, 0.3) is 11.4 Å². The van der Waals surface area contributed by atoms with Crippen LogP contribution in [0.2, 0.25) is 0 Å². The molecule has 0 aliphatic rings. The molecule has 1 aromatic carbocycles. The van der Waals surface area contributed by atoms with Gasteiger partial charge in [0.2, 0.25) is 11.7 Å². The third-order valence-corrected chi connectivity index (χ3v) is 2.26. The molecule has 0 bridgehead atoms. The molecular weight excluding hydrogens is 236 g/mol. The Labute approximate surface area is 103 Å². The van der Waals surface area contributed by atoms with Gasteiger partial charge in [0.05, 0.1) is 11.5 Å². The van der Waals surface area contributed by atoms with Crippen molar-refractivity contribution in [3.05, 3.63) is 40.3 Å². The number of non-ortho nitro benzene ring substituents is 1. The molecule has 7 nitrogen and oxygen atoms in total. The van der Waals surface area contributed by atoms with Gasteiger partial charge in [-0.25, -0.2) is 0 Å². The molecule has 1 aromatic heterocycles. The lowest BCUT2D eigenvalue weighted by Crippen LogP contribution is -2.10. The lowest BCUT2D eigenvalue weighted by Gasteiger charge is -2.02. The highest BCUT2D eigenvalue weighted by atomic mass is 16.6. The Hall–Kier alpha value is -2.28. The predicted octanol–water partition coefficient (Wildman–Crippen LogP) is 1.71. The molecule has 0 amide bonds. The number of aromatic nitrogens is 2. The molecule has 0 saturated heterocycles. The van der Waals surface area contributed by atoms with Crippen molar-refractivity contribution in [1.82, 2.24) is 15.0 Å². The zero-order chi connectivity index (χ0) is 13.1. The second-order valence-corrected chi connectivity index (χ2v) is 4.05. The maximum absolute atomic E-state index is 10.5. The molecule has 2 rings (SSSR count). The quantitative estimate of drug-likeness (QED) is 0.604. The van der Waals surface area contributed by atoms with E-state index in [1.165, 1.54) is 12.1 Å². The standard InChI is InChI=1S/C11H12N4O3/c1-14(2)7-10-12-11(13-18-10)8-3-5-9(6-4-8)15(16)17/h3-6H,7H2,1-2H3. The lowest BCUT2D eigenvalue weighted by atomic mass is 10.2. The van der Waals surface area contributed by atoms with E-state index in [1.54, 1.807) is 12.1 Å². The first-order valence-corrected chi connectivity index (χ1v) is 5.28. The zero-order valence-electron chi connectivity index (χ0n) is 10.0. The van der Waals surface area contributed by atoms with Crippen molar-refractivity contribution < 1.29 is 9.45 Å². The second kappa shape index (κ2) is 4.92. The minimum Gasteiger partial charge on any atom is -0.338 e. The SMILES string of the molecule is CN(C)Cc1nc(-c2ccc([N+](=O)[O-])cc2)no1. The third-order valence-electron chi connectivity index (χ3n) is 2.26. The molecule has 94 valence electrons. The monoisotopic (exact) mass is 248 g/mol. The Bertz CT molecular complexity index is 548. The van der Waals surface area contributed by atoms with Crippen molar-refractivity contribution in [1.29, 1.82) is 0 Å². The summed E-state index contributed by atoms with van der Waals surface area (Å²) in [4.78, 5) is 16.2. The first-order valence-electron chi connectivity index (χ1n) is 5.28. The van der Waals surface area contributed by atoms with Crippen LogP contribution in [0.1, 0.15) is 5.89 Å². The summed E-state index contributed by atoms with van der Waals surface area (Å²) in [7, 11) is 3.80. The van der Waals surface area contributed by atoms with E-state index in [0.717, 1.165) is 0 Å². The van der Waals surface area contributed by atoms with Crippen LogP contribution in [-0.2, 0) is 6.54 Å². The molecule has 0 aliphatic heterocycles. The summed E-state index contributed by atoms with van der Waals surface area (Å²) in [5, 5.41) is 14.4. The van der Waals surface area contributed by atoms with E-state index >= 15 is 0 Å². The number of nitro benzene ring substituents is 1. The molecule has 0 radical (unpaired) electrons. The zero-order valence-corrected chi connectivity index (χ0v) is 10.0. The van der Waals surface area contributed by atoms with Crippen LogP contribution in [0.4, 0.5) is 5.69 Å². The molecule has 0 atom stereocenters. The molecule has 0 saturated carbocycles. The van der Waals surface area contributed by atoms with Crippen molar-refractivity contribution in [3.63, 3.8) is 0 Å². The van der Waals surface area contributed by atoms with Gasteiger partial charge in [-0.2, -0.15) is 4.98 Å². The third kappa shape index (κ3) is 2.69. The van der Waals surface area contributed by atoms with Crippen molar-refractivity contribution >= 4 is 5.69 Å². The molecule has 0 fully saturated rings. The largest absolute Gasteiger partial charge is 0.338 e. The van der Waals surface area contributed by atoms with Gasteiger partial charge in [0, 0.05) is 17.7 Å². The summed E-state index contributed by atoms with van der Waals surface area (Å²) in [6.07, 6.45) is 0.